The van der Waals surface area contributed by atoms with Gasteiger partial charge in [0.2, 0.25) is 0 Å². The highest BCUT2D eigenvalue weighted by Gasteiger charge is 2.32. The summed E-state index contributed by atoms with van der Waals surface area (Å²) in [5.74, 6) is -0.375. The molecule has 114 valence electrons. The van der Waals surface area contributed by atoms with Crippen molar-refractivity contribution in [2.24, 2.45) is 0 Å². The van der Waals surface area contributed by atoms with E-state index < -0.39 is 21.8 Å². The van der Waals surface area contributed by atoms with Gasteiger partial charge < -0.3 is 5.11 Å². The third kappa shape index (κ3) is 5.86. The van der Waals surface area contributed by atoms with Crippen LogP contribution in [0.15, 0.2) is 0 Å². The van der Waals surface area contributed by atoms with Gasteiger partial charge in [-0.15, -0.1) is 0 Å². The van der Waals surface area contributed by atoms with Crippen LogP contribution in [-0.4, -0.2) is 54.8 Å². The summed E-state index contributed by atoms with van der Waals surface area (Å²) in [7, 11) is -3.82. The fourth-order valence-corrected chi connectivity index (χ4v) is 3.92. The van der Waals surface area contributed by atoms with Gasteiger partial charge in [-0.2, -0.15) is 25.9 Å². The van der Waals surface area contributed by atoms with Gasteiger partial charge in [-0.1, -0.05) is 6.42 Å². The molecular formula is C9H17F3N2O3S2. The molecule has 1 unspecified atom stereocenters. The lowest BCUT2D eigenvalue weighted by Gasteiger charge is -2.33. The standard InChI is InChI=1S/C9H17F3N2O3S2/c10-9(11,12)18-6-4-13-19(16,17)14-5-2-1-3-8(14)7-15/h8,13,15H,1-7H2. The van der Waals surface area contributed by atoms with Crippen LogP contribution in [0.1, 0.15) is 19.3 Å². The Kier molecular flexibility index (Phi) is 6.37. The van der Waals surface area contributed by atoms with Gasteiger partial charge in [0, 0.05) is 24.9 Å². The minimum absolute atomic E-state index is 0.267. The second-order valence-electron chi connectivity index (χ2n) is 4.14. The number of rotatable bonds is 6. The SMILES string of the molecule is O=S(=O)(NCCSC(F)(F)F)N1CCCCC1CO. The summed E-state index contributed by atoms with van der Waals surface area (Å²) in [6.45, 7) is -0.285. The molecule has 19 heavy (non-hydrogen) atoms. The molecular weight excluding hydrogens is 305 g/mol. The van der Waals surface area contributed by atoms with Crippen LogP contribution in [0.25, 0.3) is 0 Å². The van der Waals surface area contributed by atoms with E-state index in [0.29, 0.717) is 12.8 Å². The van der Waals surface area contributed by atoms with E-state index in [2.05, 4.69) is 4.72 Å². The molecule has 0 saturated carbocycles. The largest absolute Gasteiger partial charge is 0.441 e. The maximum absolute atomic E-state index is 11.9. The monoisotopic (exact) mass is 322 g/mol. The Hall–Kier alpha value is -0.0300. The van der Waals surface area contributed by atoms with Crippen molar-refractivity contribution < 1.29 is 26.7 Å². The lowest BCUT2D eigenvalue weighted by atomic mass is 10.1. The van der Waals surface area contributed by atoms with E-state index in [-0.39, 0.29) is 37.2 Å². The molecule has 1 atom stereocenters. The van der Waals surface area contributed by atoms with Crippen LogP contribution >= 0.6 is 11.8 Å². The summed E-state index contributed by atoms with van der Waals surface area (Å²) in [4.78, 5) is 0. The lowest BCUT2D eigenvalue weighted by Crippen LogP contribution is -2.50. The Morgan fingerprint density at radius 2 is 2.05 bits per heavy atom. The van der Waals surface area contributed by atoms with Crippen molar-refractivity contribution in [1.82, 2.24) is 9.03 Å². The van der Waals surface area contributed by atoms with Gasteiger partial charge in [0.05, 0.1) is 6.61 Å². The molecule has 0 amide bonds. The highest BCUT2D eigenvalue weighted by atomic mass is 32.2. The van der Waals surface area contributed by atoms with Gasteiger partial charge in [0.1, 0.15) is 0 Å². The number of aliphatic hydroxyl groups is 1. The van der Waals surface area contributed by atoms with Crippen molar-refractivity contribution in [2.45, 2.75) is 30.8 Å². The van der Waals surface area contributed by atoms with Crippen molar-refractivity contribution in [3.05, 3.63) is 0 Å². The number of alkyl halides is 3. The van der Waals surface area contributed by atoms with Crippen molar-refractivity contribution in [1.29, 1.82) is 0 Å². The maximum atomic E-state index is 11.9. The van der Waals surface area contributed by atoms with Crippen LogP contribution < -0.4 is 4.72 Å². The molecule has 0 bridgehead atoms. The topological polar surface area (TPSA) is 69.6 Å². The van der Waals surface area contributed by atoms with E-state index in [1.165, 1.54) is 0 Å². The number of aliphatic hydroxyl groups excluding tert-OH is 1. The molecule has 10 heteroatoms. The fraction of sp³-hybridized carbons (Fsp3) is 1.00. The van der Waals surface area contributed by atoms with Crippen LogP contribution in [0.4, 0.5) is 13.2 Å². The zero-order valence-corrected chi connectivity index (χ0v) is 11.8. The Morgan fingerprint density at radius 3 is 2.63 bits per heavy atom. The number of nitrogens with zero attached hydrogens (tertiary/aromatic N) is 1. The normalized spacial score (nSPS) is 22.6. The van der Waals surface area contributed by atoms with Crippen molar-refractivity contribution in [2.75, 3.05) is 25.4 Å². The summed E-state index contributed by atoms with van der Waals surface area (Å²) >= 11 is -0.267. The summed E-state index contributed by atoms with van der Waals surface area (Å²) in [6, 6.07) is -0.485. The number of halogens is 3. The van der Waals surface area contributed by atoms with Crippen molar-refractivity contribution >= 4 is 22.0 Å². The van der Waals surface area contributed by atoms with Crippen molar-refractivity contribution in [3.8, 4) is 0 Å². The maximum Gasteiger partial charge on any atom is 0.441 e. The molecule has 2 N–H and O–H groups in total. The Morgan fingerprint density at radius 1 is 1.37 bits per heavy atom. The summed E-state index contributed by atoms with van der Waals surface area (Å²) < 4.78 is 62.7. The number of piperidine rings is 1. The highest BCUT2D eigenvalue weighted by molar-refractivity contribution is 8.00. The highest BCUT2D eigenvalue weighted by Crippen LogP contribution is 2.29. The summed E-state index contributed by atoms with van der Waals surface area (Å²) in [6.07, 6.45) is 2.09. The Balaban J connectivity index is 2.46. The lowest BCUT2D eigenvalue weighted by molar-refractivity contribution is -0.0327. The average molecular weight is 322 g/mol. The first kappa shape index (κ1) is 17.0. The molecule has 0 aromatic heterocycles. The average Bonchev–Trinajstić information content (AvgIpc) is 2.33. The first-order valence-electron chi connectivity index (χ1n) is 5.84. The predicted octanol–water partition coefficient (Wildman–Crippen LogP) is 0.921. The van der Waals surface area contributed by atoms with Gasteiger partial charge in [-0.3, -0.25) is 0 Å². The van der Waals surface area contributed by atoms with E-state index >= 15 is 0 Å². The minimum Gasteiger partial charge on any atom is -0.395 e. The van der Waals surface area contributed by atoms with E-state index in [1.54, 1.807) is 0 Å². The zero-order valence-electron chi connectivity index (χ0n) is 10.2. The smallest absolute Gasteiger partial charge is 0.395 e. The van der Waals surface area contributed by atoms with Crippen LogP contribution in [0.3, 0.4) is 0 Å². The van der Waals surface area contributed by atoms with E-state index in [4.69, 9.17) is 5.11 Å². The first-order chi connectivity index (χ1) is 8.76. The quantitative estimate of drug-likeness (QED) is 0.714. The van der Waals surface area contributed by atoms with Gasteiger partial charge in [-0.25, -0.2) is 4.72 Å². The Labute approximate surface area is 114 Å². The van der Waals surface area contributed by atoms with E-state index in [9.17, 15) is 21.6 Å². The molecule has 0 radical (unpaired) electrons. The van der Waals surface area contributed by atoms with Crippen LogP contribution in [-0.2, 0) is 10.2 Å². The second-order valence-corrected chi connectivity index (χ2v) is 7.00. The van der Waals surface area contributed by atoms with Gasteiger partial charge in [-0.05, 0) is 24.6 Å². The number of hydrogen-bond donors (Lipinski definition) is 2. The van der Waals surface area contributed by atoms with Crippen molar-refractivity contribution in [3.63, 3.8) is 0 Å². The predicted molar refractivity (Wildman–Crippen MR) is 66.9 cm³/mol. The van der Waals surface area contributed by atoms with Gasteiger partial charge >= 0.3 is 5.51 Å². The minimum atomic E-state index is -4.36. The van der Waals surface area contributed by atoms with Gasteiger partial charge in [0.15, 0.2) is 0 Å². The fourth-order valence-electron chi connectivity index (χ4n) is 1.89. The molecule has 1 heterocycles. The summed E-state index contributed by atoms with van der Waals surface area (Å²) in [5.41, 5.74) is -4.36. The zero-order chi connectivity index (χ0) is 14.5. The first-order valence-corrected chi connectivity index (χ1v) is 8.27. The van der Waals surface area contributed by atoms with Crippen LogP contribution in [0.2, 0.25) is 0 Å². The second kappa shape index (κ2) is 7.11. The van der Waals surface area contributed by atoms with Crippen LogP contribution in [0.5, 0.6) is 0 Å². The molecule has 1 fully saturated rings. The van der Waals surface area contributed by atoms with E-state index in [1.807, 2.05) is 0 Å². The van der Waals surface area contributed by atoms with Gasteiger partial charge in [0.25, 0.3) is 10.2 Å². The Bertz CT molecular complexity index is 375. The molecule has 0 aromatic carbocycles. The molecule has 5 nitrogen and oxygen atoms in total. The number of hydrogen-bond acceptors (Lipinski definition) is 4. The number of thioether (sulfide) groups is 1. The third-order valence-electron chi connectivity index (χ3n) is 2.74. The third-order valence-corrected chi connectivity index (χ3v) is 5.15. The molecule has 1 saturated heterocycles. The molecule has 0 aliphatic carbocycles. The molecule has 0 aromatic rings. The molecule has 1 aliphatic heterocycles. The molecule has 1 rings (SSSR count). The van der Waals surface area contributed by atoms with E-state index in [0.717, 1.165) is 10.7 Å². The molecule has 0 spiro atoms. The molecule has 1 aliphatic rings. The number of nitrogens with one attached hydrogen (secondary N) is 1. The van der Waals surface area contributed by atoms with Crippen LogP contribution in [0, 0.1) is 0 Å². The summed E-state index contributed by atoms with van der Waals surface area (Å²) in [5, 5.41) is 9.12.